The van der Waals surface area contributed by atoms with E-state index < -0.39 is 12.5 Å². The van der Waals surface area contributed by atoms with Crippen molar-refractivity contribution in [2.45, 2.75) is 19.5 Å². The molecule has 0 amide bonds. The molecule has 1 aromatic carbocycles. The lowest BCUT2D eigenvalue weighted by atomic mass is 10.2. The molecule has 1 nitrogen and oxygen atoms in total. The Hall–Kier alpha value is -1.26. The average Bonchev–Trinajstić information content (AvgIpc) is 2.08. The van der Waals surface area contributed by atoms with Crippen LogP contribution in [0.5, 0.6) is 5.75 Å². The summed E-state index contributed by atoms with van der Waals surface area (Å²) < 4.78 is 52.3. The van der Waals surface area contributed by atoms with Gasteiger partial charge >= 0.3 is 12.5 Å². The van der Waals surface area contributed by atoms with E-state index in [1.807, 2.05) is 0 Å². The lowest BCUT2D eigenvalue weighted by Gasteiger charge is -2.17. The maximum atomic E-state index is 12.4. The second kappa shape index (κ2) is 3.86. The molecular weight excluding hydrogens is 200 g/mol. The van der Waals surface area contributed by atoms with Crippen LogP contribution in [0.4, 0.5) is 17.6 Å². The van der Waals surface area contributed by atoms with Crippen molar-refractivity contribution in [3.63, 3.8) is 0 Å². The maximum absolute atomic E-state index is 12.4. The van der Waals surface area contributed by atoms with Gasteiger partial charge in [0.25, 0.3) is 0 Å². The molecule has 0 unspecified atom stereocenters. The lowest BCUT2D eigenvalue weighted by molar-refractivity contribution is -0.253. The molecule has 0 radical (unpaired) electrons. The number of para-hydroxylation sites is 1. The van der Waals surface area contributed by atoms with Gasteiger partial charge in [0.2, 0.25) is 0 Å². The van der Waals surface area contributed by atoms with E-state index in [0.29, 0.717) is 5.56 Å². The van der Waals surface area contributed by atoms with Crippen molar-refractivity contribution >= 4 is 0 Å². The molecule has 78 valence electrons. The van der Waals surface area contributed by atoms with E-state index in [0.717, 1.165) is 0 Å². The van der Waals surface area contributed by atoms with Crippen LogP contribution in [-0.4, -0.2) is 12.5 Å². The number of benzene rings is 1. The van der Waals surface area contributed by atoms with Gasteiger partial charge in [0.05, 0.1) is 0 Å². The van der Waals surface area contributed by atoms with E-state index in [4.69, 9.17) is 0 Å². The van der Waals surface area contributed by atoms with Crippen LogP contribution in [0.15, 0.2) is 24.3 Å². The van der Waals surface area contributed by atoms with Crippen LogP contribution in [0.1, 0.15) is 5.56 Å². The Morgan fingerprint density at radius 2 is 1.79 bits per heavy atom. The fraction of sp³-hybridized carbons (Fsp3) is 0.333. The molecule has 14 heavy (non-hydrogen) atoms. The normalized spacial score (nSPS) is 11.9. The minimum absolute atomic E-state index is 0.238. The average molecular weight is 208 g/mol. The van der Waals surface area contributed by atoms with Gasteiger partial charge in [0.15, 0.2) is 0 Å². The van der Waals surface area contributed by atoms with Crippen LogP contribution in [-0.2, 0) is 0 Å². The standard InChI is InChI=1S/C9H8F4O/c1-6-4-2-3-5-7(6)14-9(12,13)8(10)11/h2-5,8H,1H3. The van der Waals surface area contributed by atoms with Gasteiger partial charge in [-0.15, -0.1) is 0 Å². The quantitative estimate of drug-likeness (QED) is 0.693. The van der Waals surface area contributed by atoms with Gasteiger partial charge in [0, 0.05) is 0 Å². The number of ether oxygens (including phenoxy) is 1. The van der Waals surface area contributed by atoms with Crippen LogP contribution >= 0.6 is 0 Å². The third-order valence-electron chi connectivity index (χ3n) is 1.59. The molecule has 0 spiro atoms. The fourth-order valence-electron chi connectivity index (χ4n) is 0.862. The molecule has 5 heteroatoms. The van der Waals surface area contributed by atoms with Crippen LogP contribution in [0.25, 0.3) is 0 Å². The topological polar surface area (TPSA) is 9.23 Å². The third kappa shape index (κ3) is 2.37. The molecule has 0 aliphatic heterocycles. The Morgan fingerprint density at radius 3 is 2.29 bits per heavy atom. The molecule has 0 N–H and O–H groups in total. The van der Waals surface area contributed by atoms with Crippen LogP contribution in [0.2, 0.25) is 0 Å². The Kier molecular flexibility index (Phi) is 2.98. The van der Waals surface area contributed by atoms with Gasteiger partial charge in [-0.25, -0.2) is 0 Å². The van der Waals surface area contributed by atoms with Gasteiger partial charge in [0.1, 0.15) is 5.75 Å². The highest BCUT2D eigenvalue weighted by Crippen LogP contribution is 2.29. The first-order valence-corrected chi connectivity index (χ1v) is 3.84. The molecule has 0 aliphatic rings. The summed E-state index contributed by atoms with van der Waals surface area (Å²) in [5.74, 6) is -0.238. The monoisotopic (exact) mass is 208 g/mol. The van der Waals surface area contributed by atoms with Gasteiger partial charge in [-0.05, 0) is 18.6 Å². The predicted octanol–water partition coefficient (Wildman–Crippen LogP) is 3.23. The van der Waals surface area contributed by atoms with Crippen molar-refractivity contribution in [3.8, 4) is 5.75 Å². The summed E-state index contributed by atoms with van der Waals surface area (Å²) in [6.45, 7) is 1.50. The number of hydrogen-bond donors (Lipinski definition) is 0. The first-order chi connectivity index (χ1) is 6.43. The zero-order valence-electron chi connectivity index (χ0n) is 7.31. The number of rotatable bonds is 3. The molecule has 0 saturated heterocycles. The number of hydrogen-bond acceptors (Lipinski definition) is 1. The number of aryl methyl sites for hydroxylation is 1. The van der Waals surface area contributed by atoms with Crippen LogP contribution in [0.3, 0.4) is 0 Å². The molecule has 0 bridgehead atoms. The van der Waals surface area contributed by atoms with Gasteiger partial charge < -0.3 is 4.74 Å². The molecule has 0 fully saturated rings. The van der Waals surface area contributed by atoms with E-state index in [1.54, 1.807) is 6.07 Å². The van der Waals surface area contributed by atoms with E-state index >= 15 is 0 Å². The largest absolute Gasteiger partial charge is 0.461 e. The highest BCUT2D eigenvalue weighted by atomic mass is 19.3. The molecule has 0 atom stereocenters. The fourth-order valence-corrected chi connectivity index (χ4v) is 0.862. The van der Waals surface area contributed by atoms with Gasteiger partial charge in [-0.3, -0.25) is 0 Å². The molecule has 1 aromatic rings. The van der Waals surface area contributed by atoms with Crippen molar-refractivity contribution in [3.05, 3.63) is 29.8 Å². The summed E-state index contributed by atoms with van der Waals surface area (Å²) in [4.78, 5) is 0. The van der Waals surface area contributed by atoms with E-state index in [-0.39, 0.29) is 5.75 Å². The molecule has 0 aromatic heterocycles. The zero-order valence-corrected chi connectivity index (χ0v) is 7.31. The van der Waals surface area contributed by atoms with Crippen molar-refractivity contribution in [2.75, 3.05) is 0 Å². The highest BCUT2D eigenvalue weighted by molar-refractivity contribution is 5.32. The summed E-state index contributed by atoms with van der Waals surface area (Å²) in [6, 6.07) is 5.75. The minimum Gasteiger partial charge on any atom is -0.428 e. The second-order valence-electron chi connectivity index (χ2n) is 2.73. The minimum atomic E-state index is -4.44. The third-order valence-corrected chi connectivity index (χ3v) is 1.59. The van der Waals surface area contributed by atoms with E-state index in [9.17, 15) is 17.6 Å². The summed E-state index contributed by atoms with van der Waals surface area (Å²) in [6.07, 6.45) is -8.27. The molecule has 1 rings (SSSR count). The Bertz CT molecular complexity index is 311. The maximum Gasteiger partial charge on any atom is 0.461 e. The predicted molar refractivity (Wildman–Crippen MR) is 42.8 cm³/mol. The smallest absolute Gasteiger partial charge is 0.428 e. The lowest BCUT2D eigenvalue weighted by Crippen LogP contribution is -2.33. The summed E-state index contributed by atoms with van der Waals surface area (Å²) >= 11 is 0. The summed E-state index contributed by atoms with van der Waals surface area (Å²) in [7, 11) is 0. The Balaban J connectivity index is 2.84. The molecule has 0 heterocycles. The second-order valence-corrected chi connectivity index (χ2v) is 2.73. The zero-order chi connectivity index (χ0) is 10.8. The van der Waals surface area contributed by atoms with Crippen LogP contribution in [0, 0.1) is 6.92 Å². The SMILES string of the molecule is Cc1ccccc1OC(F)(F)C(F)F. The molecule has 0 aliphatic carbocycles. The number of halogens is 4. The van der Waals surface area contributed by atoms with Crippen molar-refractivity contribution in [1.82, 2.24) is 0 Å². The highest BCUT2D eigenvalue weighted by Gasteiger charge is 2.44. The van der Waals surface area contributed by atoms with E-state index in [1.165, 1.54) is 25.1 Å². The van der Waals surface area contributed by atoms with Crippen molar-refractivity contribution in [2.24, 2.45) is 0 Å². The summed E-state index contributed by atoms with van der Waals surface area (Å²) in [5.41, 5.74) is 0.382. The van der Waals surface area contributed by atoms with Crippen molar-refractivity contribution < 1.29 is 22.3 Å². The van der Waals surface area contributed by atoms with Gasteiger partial charge in [-0.1, -0.05) is 18.2 Å². The first-order valence-electron chi connectivity index (χ1n) is 3.84. The Morgan fingerprint density at radius 1 is 1.21 bits per heavy atom. The molecule has 0 saturated carbocycles. The van der Waals surface area contributed by atoms with Crippen LogP contribution < -0.4 is 4.74 Å². The van der Waals surface area contributed by atoms with Gasteiger partial charge in [-0.2, -0.15) is 17.6 Å². The Labute approximate surface area is 78.3 Å². The van der Waals surface area contributed by atoms with E-state index in [2.05, 4.69) is 4.74 Å². The number of alkyl halides is 4. The molecular formula is C9H8F4O. The summed E-state index contributed by atoms with van der Waals surface area (Å²) in [5, 5.41) is 0. The van der Waals surface area contributed by atoms with Crippen molar-refractivity contribution in [1.29, 1.82) is 0 Å². The first kappa shape index (κ1) is 10.8.